The van der Waals surface area contributed by atoms with E-state index in [9.17, 15) is 9.18 Å². The fraction of sp³-hybridized carbons (Fsp3) is 0.286. The number of amides is 1. The van der Waals surface area contributed by atoms with E-state index in [1.165, 1.54) is 12.1 Å². The van der Waals surface area contributed by atoms with Crippen molar-refractivity contribution in [2.45, 2.75) is 26.3 Å². The molecule has 0 bridgehead atoms. The van der Waals surface area contributed by atoms with Crippen molar-refractivity contribution < 1.29 is 18.7 Å². The highest BCUT2D eigenvalue weighted by atomic mass is 19.1. The number of carbonyl (C=O) groups excluding carboxylic acids is 1. The smallest absolute Gasteiger partial charge is 0.244 e. The van der Waals surface area contributed by atoms with Crippen molar-refractivity contribution in [1.82, 2.24) is 5.32 Å². The summed E-state index contributed by atoms with van der Waals surface area (Å²) >= 11 is 0. The molecule has 2 aromatic rings. The van der Waals surface area contributed by atoms with Crippen LogP contribution in [-0.2, 0) is 11.3 Å². The van der Waals surface area contributed by atoms with E-state index < -0.39 is 0 Å². The third-order valence-corrected chi connectivity index (χ3v) is 3.78. The van der Waals surface area contributed by atoms with Gasteiger partial charge in [-0.25, -0.2) is 4.39 Å². The summed E-state index contributed by atoms with van der Waals surface area (Å²) in [7, 11) is 1.58. The van der Waals surface area contributed by atoms with Gasteiger partial charge in [0.15, 0.2) is 11.5 Å². The summed E-state index contributed by atoms with van der Waals surface area (Å²) in [6.07, 6.45) is 5.13. The molecule has 0 aliphatic heterocycles. The minimum atomic E-state index is -0.333. The number of rotatable bonds is 9. The number of halogens is 1. The molecule has 0 fully saturated rings. The molecule has 5 heteroatoms. The predicted octanol–water partition coefficient (Wildman–Crippen LogP) is 4.34. The van der Waals surface area contributed by atoms with E-state index in [0.717, 1.165) is 18.4 Å². The van der Waals surface area contributed by atoms with Crippen LogP contribution in [0, 0.1) is 5.82 Å². The van der Waals surface area contributed by atoms with E-state index in [2.05, 4.69) is 12.2 Å². The molecule has 26 heavy (non-hydrogen) atoms. The van der Waals surface area contributed by atoms with E-state index in [1.807, 2.05) is 18.2 Å². The molecule has 0 saturated heterocycles. The van der Waals surface area contributed by atoms with E-state index >= 15 is 0 Å². The van der Waals surface area contributed by atoms with E-state index in [0.29, 0.717) is 23.7 Å². The molecular formula is C21H24FNO3. The van der Waals surface area contributed by atoms with Crippen molar-refractivity contribution in [2.24, 2.45) is 0 Å². The van der Waals surface area contributed by atoms with Crippen LogP contribution in [-0.4, -0.2) is 19.6 Å². The Labute approximate surface area is 153 Å². The summed E-state index contributed by atoms with van der Waals surface area (Å²) in [5.74, 6) is 0.674. The van der Waals surface area contributed by atoms with Gasteiger partial charge in [-0.05, 0) is 36.3 Å². The van der Waals surface area contributed by atoms with E-state index in [1.54, 1.807) is 31.4 Å². The van der Waals surface area contributed by atoms with Crippen molar-refractivity contribution in [3.8, 4) is 11.5 Å². The summed E-state index contributed by atoms with van der Waals surface area (Å²) < 4.78 is 24.6. The Morgan fingerprint density at radius 1 is 1.19 bits per heavy atom. The molecule has 0 aliphatic rings. The molecule has 0 atom stereocenters. The van der Waals surface area contributed by atoms with Crippen LogP contribution < -0.4 is 14.8 Å². The van der Waals surface area contributed by atoms with Crippen molar-refractivity contribution in [2.75, 3.05) is 13.7 Å². The number of benzene rings is 2. The zero-order valence-corrected chi connectivity index (χ0v) is 15.1. The second-order valence-corrected chi connectivity index (χ2v) is 5.75. The van der Waals surface area contributed by atoms with Gasteiger partial charge in [-0.3, -0.25) is 4.79 Å². The normalized spacial score (nSPS) is 10.7. The topological polar surface area (TPSA) is 47.6 Å². The Balaban J connectivity index is 1.94. The number of hydrogen-bond acceptors (Lipinski definition) is 3. The second kappa shape index (κ2) is 10.2. The first-order valence-electron chi connectivity index (χ1n) is 8.64. The van der Waals surface area contributed by atoms with Crippen LogP contribution in [0.2, 0.25) is 0 Å². The number of methoxy groups -OCH3 is 1. The third kappa shape index (κ3) is 5.92. The summed E-state index contributed by atoms with van der Waals surface area (Å²) in [5.41, 5.74) is 1.26. The first kappa shape index (κ1) is 19.5. The van der Waals surface area contributed by atoms with Crippen molar-refractivity contribution in [3.63, 3.8) is 0 Å². The molecule has 138 valence electrons. The quantitative estimate of drug-likeness (QED) is 0.536. The van der Waals surface area contributed by atoms with Gasteiger partial charge in [0, 0.05) is 18.2 Å². The van der Waals surface area contributed by atoms with Gasteiger partial charge in [0.05, 0.1) is 13.7 Å². The van der Waals surface area contributed by atoms with Gasteiger partial charge >= 0.3 is 0 Å². The number of nitrogens with one attached hydrogen (secondary N) is 1. The van der Waals surface area contributed by atoms with Gasteiger partial charge < -0.3 is 14.8 Å². The standard InChI is InChI=1S/C21H24FNO3/c1-3-4-13-26-19-11-9-16(14-20(19)25-2)10-12-21(24)23-15-17-7-5-6-8-18(17)22/h5-12,14H,3-4,13,15H2,1-2H3,(H,23,24)/b12-10+. The Bertz CT molecular complexity index is 759. The van der Waals surface area contributed by atoms with Crippen molar-refractivity contribution in [1.29, 1.82) is 0 Å². The minimum absolute atomic E-state index is 0.142. The maximum atomic E-state index is 13.5. The van der Waals surface area contributed by atoms with Crippen LogP contribution in [0.1, 0.15) is 30.9 Å². The van der Waals surface area contributed by atoms with Crippen LogP contribution in [0.3, 0.4) is 0 Å². The summed E-state index contributed by atoms with van der Waals surface area (Å²) in [6, 6.07) is 11.8. The molecule has 0 aromatic heterocycles. The fourth-order valence-corrected chi connectivity index (χ4v) is 2.29. The molecule has 0 unspecified atom stereocenters. The molecule has 0 radical (unpaired) electrons. The molecule has 4 nitrogen and oxygen atoms in total. The van der Waals surface area contributed by atoms with Crippen LogP contribution in [0.5, 0.6) is 11.5 Å². The molecule has 0 aliphatic carbocycles. The molecule has 0 spiro atoms. The summed E-state index contributed by atoms with van der Waals surface area (Å²) in [6.45, 7) is 2.88. The molecule has 2 aromatic carbocycles. The average Bonchev–Trinajstić information content (AvgIpc) is 2.66. The van der Waals surface area contributed by atoms with Gasteiger partial charge in [0.25, 0.3) is 0 Å². The molecule has 1 amide bonds. The lowest BCUT2D eigenvalue weighted by atomic mass is 10.2. The number of hydrogen-bond donors (Lipinski definition) is 1. The molecule has 0 heterocycles. The molecule has 1 N–H and O–H groups in total. The van der Waals surface area contributed by atoms with Crippen LogP contribution >= 0.6 is 0 Å². The third-order valence-electron chi connectivity index (χ3n) is 3.78. The van der Waals surface area contributed by atoms with Gasteiger partial charge in [0.1, 0.15) is 5.82 Å². The van der Waals surface area contributed by atoms with Crippen LogP contribution in [0.25, 0.3) is 6.08 Å². The first-order chi connectivity index (χ1) is 12.6. The van der Waals surface area contributed by atoms with E-state index in [4.69, 9.17) is 9.47 Å². The highest BCUT2D eigenvalue weighted by Crippen LogP contribution is 2.28. The Hall–Kier alpha value is -2.82. The summed E-state index contributed by atoms with van der Waals surface area (Å²) in [5, 5.41) is 2.66. The molecule has 0 saturated carbocycles. The van der Waals surface area contributed by atoms with Gasteiger partial charge in [0.2, 0.25) is 5.91 Å². The van der Waals surface area contributed by atoms with E-state index in [-0.39, 0.29) is 18.3 Å². The summed E-state index contributed by atoms with van der Waals surface area (Å²) in [4.78, 5) is 11.9. The average molecular weight is 357 g/mol. The van der Waals surface area contributed by atoms with Crippen molar-refractivity contribution >= 4 is 12.0 Å². The van der Waals surface area contributed by atoms with Gasteiger partial charge in [-0.15, -0.1) is 0 Å². The van der Waals surface area contributed by atoms with Crippen LogP contribution in [0.4, 0.5) is 4.39 Å². The lowest BCUT2D eigenvalue weighted by Gasteiger charge is -2.11. The zero-order valence-electron chi connectivity index (χ0n) is 15.1. The Kier molecular flexibility index (Phi) is 7.68. The zero-order chi connectivity index (χ0) is 18.8. The molecular weight excluding hydrogens is 333 g/mol. The van der Waals surface area contributed by atoms with Crippen LogP contribution in [0.15, 0.2) is 48.5 Å². The van der Waals surface area contributed by atoms with Crippen molar-refractivity contribution in [3.05, 3.63) is 65.5 Å². The predicted molar refractivity (Wildman–Crippen MR) is 101 cm³/mol. The second-order valence-electron chi connectivity index (χ2n) is 5.75. The highest BCUT2D eigenvalue weighted by molar-refractivity contribution is 5.91. The monoisotopic (exact) mass is 357 g/mol. The molecule has 2 rings (SSSR count). The maximum absolute atomic E-state index is 13.5. The largest absolute Gasteiger partial charge is 0.493 e. The van der Waals surface area contributed by atoms with Gasteiger partial charge in [-0.2, -0.15) is 0 Å². The Morgan fingerprint density at radius 2 is 2.00 bits per heavy atom. The SMILES string of the molecule is CCCCOc1ccc(/C=C/C(=O)NCc2ccccc2F)cc1OC. The number of carbonyl (C=O) groups is 1. The lowest BCUT2D eigenvalue weighted by molar-refractivity contribution is -0.116. The first-order valence-corrected chi connectivity index (χ1v) is 8.64. The minimum Gasteiger partial charge on any atom is -0.493 e. The number of unbranched alkanes of at least 4 members (excludes halogenated alkanes) is 1. The maximum Gasteiger partial charge on any atom is 0.244 e. The number of ether oxygens (including phenoxy) is 2. The Morgan fingerprint density at radius 3 is 2.73 bits per heavy atom. The highest BCUT2D eigenvalue weighted by Gasteiger charge is 2.05. The van der Waals surface area contributed by atoms with Gasteiger partial charge in [-0.1, -0.05) is 37.6 Å². The lowest BCUT2D eigenvalue weighted by Crippen LogP contribution is -2.20. The fourth-order valence-electron chi connectivity index (χ4n) is 2.29.